The quantitative estimate of drug-likeness (QED) is 0.437. The van der Waals surface area contributed by atoms with Crippen LogP contribution < -0.4 is 5.32 Å². The second kappa shape index (κ2) is 7.42. The summed E-state index contributed by atoms with van der Waals surface area (Å²) >= 11 is 0. The van der Waals surface area contributed by atoms with Gasteiger partial charge in [-0.3, -0.25) is 14.2 Å². The largest absolute Gasteiger partial charge is 0.469 e. The van der Waals surface area contributed by atoms with Crippen LogP contribution in [-0.2, 0) is 18.9 Å². The molecule has 7 nitrogen and oxygen atoms in total. The first-order chi connectivity index (χ1) is 7.74. The first kappa shape index (κ1) is 16.1. The summed E-state index contributed by atoms with van der Waals surface area (Å²) in [6.45, 7) is 1.80. The van der Waals surface area contributed by atoms with Crippen LogP contribution in [0.4, 0.5) is 0 Å². The molecule has 0 aromatic rings. The van der Waals surface area contributed by atoms with Gasteiger partial charge in [0, 0.05) is 13.0 Å². The minimum absolute atomic E-state index is 0.00475. The Kier molecular flexibility index (Phi) is 7.03. The third kappa shape index (κ3) is 9.99. The normalized spacial score (nSPS) is 12.9. The lowest BCUT2D eigenvalue weighted by Crippen LogP contribution is -2.29. The molecular formula is C9H18NO6P. The highest BCUT2D eigenvalue weighted by molar-refractivity contribution is 7.51. The van der Waals surface area contributed by atoms with E-state index < -0.39 is 13.6 Å². The Balaban J connectivity index is 3.77. The minimum atomic E-state index is -4.04. The number of esters is 1. The van der Waals surface area contributed by atoms with Crippen LogP contribution in [0.5, 0.6) is 0 Å². The van der Waals surface area contributed by atoms with Gasteiger partial charge in [0.05, 0.1) is 19.7 Å². The maximum atomic E-state index is 11.2. The number of ether oxygens (including phenoxy) is 1. The van der Waals surface area contributed by atoms with Crippen molar-refractivity contribution < 1.29 is 28.7 Å². The van der Waals surface area contributed by atoms with Crippen LogP contribution >= 0.6 is 7.60 Å². The van der Waals surface area contributed by atoms with E-state index >= 15 is 0 Å². The van der Waals surface area contributed by atoms with Gasteiger partial charge in [-0.15, -0.1) is 0 Å². The van der Waals surface area contributed by atoms with Crippen LogP contribution in [0.2, 0.25) is 0 Å². The summed E-state index contributed by atoms with van der Waals surface area (Å²) < 4.78 is 15.0. The fourth-order valence-corrected chi connectivity index (χ4v) is 2.11. The monoisotopic (exact) mass is 267 g/mol. The van der Waals surface area contributed by atoms with Crippen LogP contribution in [0.25, 0.3) is 0 Å². The van der Waals surface area contributed by atoms with E-state index in [-0.39, 0.29) is 37.4 Å². The Morgan fingerprint density at radius 2 is 1.94 bits per heavy atom. The first-order valence-corrected chi connectivity index (χ1v) is 6.92. The molecule has 1 unspecified atom stereocenters. The highest BCUT2D eigenvalue weighted by atomic mass is 31.2. The summed E-state index contributed by atoms with van der Waals surface area (Å²) in [7, 11) is -2.80. The van der Waals surface area contributed by atoms with Gasteiger partial charge in [-0.2, -0.15) is 0 Å². The number of amides is 1. The van der Waals surface area contributed by atoms with Crippen molar-refractivity contribution in [3.63, 3.8) is 0 Å². The van der Waals surface area contributed by atoms with Crippen LogP contribution in [-0.4, -0.2) is 41.5 Å². The Morgan fingerprint density at radius 3 is 2.41 bits per heavy atom. The van der Waals surface area contributed by atoms with Crippen molar-refractivity contribution in [1.29, 1.82) is 0 Å². The molecule has 0 heterocycles. The number of carbonyl (C=O) groups is 2. The number of methoxy groups -OCH3 is 1. The summed E-state index contributed by atoms with van der Waals surface area (Å²) in [5.74, 6) is -1.13. The molecule has 1 amide bonds. The molecule has 0 spiro atoms. The van der Waals surface area contributed by atoms with Crippen molar-refractivity contribution >= 4 is 19.5 Å². The van der Waals surface area contributed by atoms with Gasteiger partial charge in [0.15, 0.2) is 0 Å². The van der Waals surface area contributed by atoms with Crippen molar-refractivity contribution in [1.82, 2.24) is 5.32 Å². The van der Waals surface area contributed by atoms with Gasteiger partial charge < -0.3 is 19.8 Å². The van der Waals surface area contributed by atoms with E-state index in [9.17, 15) is 14.2 Å². The summed E-state index contributed by atoms with van der Waals surface area (Å²) in [5.41, 5.74) is 0. The van der Waals surface area contributed by atoms with Crippen LogP contribution in [0.3, 0.4) is 0 Å². The highest BCUT2D eigenvalue weighted by Gasteiger charge is 2.18. The SMILES string of the molecule is COC(=O)CCC(=O)NCC(C)CP(=O)(O)O. The zero-order valence-corrected chi connectivity index (χ0v) is 10.8. The predicted octanol–water partition coefficient (Wildman–Crippen LogP) is -0.130. The summed E-state index contributed by atoms with van der Waals surface area (Å²) in [4.78, 5) is 39.4. The second-order valence-electron chi connectivity index (χ2n) is 3.83. The zero-order valence-electron chi connectivity index (χ0n) is 9.88. The molecule has 0 aromatic carbocycles. The van der Waals surface area contributed by atoms with Gasteiger partial charge in [-0.25, -0.2) is 0 Å². The lowest BCUT2D eigenvalue weighted by atomic mass is 10.2. The molecule has 17 heavy (non-hydrogen) atoms. The summed E-state index contributed by atoms with van der Waals surface area (Å²) in [5, 5.41) is 2.49. The zero-order chi connectivity index (χ0) is 13.5. The average molecular weight is 267 g/mol. The van der Waals surface area contributed by atoms with E-state index in [4.69, 9.17) is 9.79 Å². The first-order valence-electron chi connectivity index (χ1n) is 5.12. The molecule has 0 aliphatic carbocycles. The Morgan fingerprint density at radius 1 is 1.35 bits per heavy atom. The number of hydrogen-bond donors (Lipinski definition) is 3. The van der Waals surface area contributed by atoms with E-state index in [1.807, 2.05) is 0 Å². The molecule has 0 aliphatic rings. The smallest absolute Gasteiger partial charge is 0.325 e. The maximum absolute atomic E-state index is 11.2. The number of carbonyl (C=O) groups excluding carboxylic acids is 2. The molecule has 8 heteroatoms. The van der Waals surface area contributed by atoms with Crippen molar-refractivity contribution in [2.75, 3.05) is 19.8 Å². The topological polar surface area (TPSA) is 113 Å². The van der Waals surface area contributed by atoms with Crippen molar-refractivity contribution in [3.05, 3.63) is 0 Å². The molecule has 1 atom stereocenters. The molecule has 0 fully saturated rings. The van der Waals surface area contributed by atoms with Crippen molar-refractivity contribution in [2.45, 2.75) is 19.8 Å². The molecule has 0 bridgehead atoms. The van der Waals surface area contributed by atoms with Gasteiger partial charge in [0.1, 0.15) is 0 Å². The third-order valence-electron chi connectivity index (χ3n) is 1.98. The molecule has 0 radical (unpaired) electrons. The van der Waals surface area contributed by atoms with E-state index in [2.05, 4.69) is 10.1 Å². The maximum Gasteiger partial charge on any atom is 0.325 e. The number of hydrogen-bond acceptors (Lipinski definition) is 4. The lowest BCUT2D eigenvalue weighted by Gasteiger charge is -2.13. The van der Waals surface area contributed by atoms with Crippen LogP contribution in [0, 0.1) is 5.92 Å². The number of nitrogens with one attached hydrogen (secondary N) is 1. The average Bonchev–Trinajstić information content (AvgIpc) is 2.20. The summed E-state index contributed by atoms with van der Waals surface area (Å²) in [6.07, 6.45) is -0.269. The molecule has 0 rings (SSSR count). The third-order valence-corrected chi connectivity index (χ3v) is 3.08. The lowest BCUT2D eigenvalue weighted by molar-refractivity contribution is -0.142. The fraction of sp³-hybridized carbons (Fsp3) is 0.778. The molecule has 3 N–H and O–H groups in total. The molecule has 0 aromatic heterocycles. The van der Waals surface area contributed by atoms with Crippen LogP contribution in [0.1, 0.15) is 19.8 Å². The molecule has 0 aliphatic heterocycles. The molecule has 0 saturated carbocycles. The molecule has 100 valence electrons. The fourth-order valence-electron chi connectivity index (χ4n) is 1.16. The molecular weight excluding hydrogens is 249 g/mol. The Labute approximate surface area is 99.7 Å². The Hall–Kier alpha value is -0.910. The van der Waals surface area contributed by atoms with E-state index in [0.717, 1.165) is 0 Å². The van der Waals surface area contributed by atoms with Gasteiger partial charge in [0.2, 0.25) is 5.91 Å². The standard InChI is InChI=1S/C9H18NO6P/c1-7(6-17(13,14)15)5-10-8(11)3-4-9(12)16-2/h7H,3-6H2,1-2H3,(H,10,11)(H2,13,14,15). The van der Waals surface area contributed by atoms with Crippen molar-refractivity contribution in [2.24, 2.45) is 5.92 Å². The van der Waals surface area contributed by atoms with Gasteiger partial charge in [0.25, 0.3) is 0 Å². The molecule has 0 saturated heterocycles. The van der Waals surface area contributed by atoms with E-state index in [0.29, 0.717) is 0 Å². The van der Waals surface area contributed by atoms with Crippen molar-refractivity contribution in [3.8, 4) is 0 Å². The van der Waals surface area contributed by atoms with Gasteiger partial charge >= 0.3 is 13.6 Å². The van der Waals surface area contributed by atoms with E-state index in [1.165, 1.54) is 7.11 Å². The predicted molar refractivity (Wildman–Crippen MR) is 60.3 cm³/mol. The highest BCUT2D eigenvalue weighted by Crippen LogP contribution is 2.36. The van der Waals surface area contributed by atoms with Gasteiger partial charge in [-0.1, -0.05) is 6.92 Å². The summed E-state index contributed by atoms with van der Waals surface area (Å²) in [6, 6.07) is 0. The minimum Gasteiger partial charge on any atom is -0.469 e. The van der Waals surface area contributed by atoms with E-state index in [1.54, 1.807) is 6.92 Å². The van der Waals surface area contributed by atoms with Crippen LogP contribution in [0.15, 0.2) is 0 Å². The Bertz CT molecular complexity index is 313. The van der Waals surface area contributed by atoms with Gasteiger partial charge in [-0.05, 0) is 5.92 Å². The number of rotatable bonds is 7. The second-order valence-corrected chi connectivity index (χ2v) is 5.53.